The molecular weight excluding hydrogens is 278 g/mol. The van der Waals surface area contributed by atoms with Gasteiger partial charge in [0.2, 0.25) is 10.0 Å². The minimum atomic E-state index is -3.33. The van der Waals surface area contributed by atoms with E-state index in [1.807, 2.05) is 0 Å². The van der Waals surface area contributed by atoms with Crippen LogP contribution >= 0.6 is 0 Å². The predicted molar refractivity (Wildman–Crippen MR) is 77.1 cm³/mol. The standard InChI is InChI=1S/C13H19N3O3S/c14-13(15)11-5-3-10(4-6-11)8-16-20(17,18)9-12-2-1-7-19-12/h3-6,12,16H,1-2,7-9H2,(H3,14,15). The van der Waals surface area contributed by atoms with E-state index < -0.39 is 10.0 Å². The van der Waals surface area contributed by atoms with Gasteiger partial charge in [-0.1, -0.05) is 24.3 Å². The van der Waals surface area contributed by atoms with Crippen molar-refractivity contribution in [3.63, 3.8) is 0 Å². The molecule has 6 nitrogen and oxygen atoms in total. The van der Waals surface area contributed by atoms with Crippen molar-refractivity contribution in [2.75, 3.05) is 12.4 Å². The molecule has 1 heterocycles. The maximum atomic E-state index is 11.9. The van der Waals surface area contributed by atoms with Crippen LogP contribution in [0.3, 0.4) is 0 Å². The van der Waals surface area contributed by atoms with Gasteiger partial charge in [0.05, 0.1) is 11.9 Å². The third kappa shape index (κ3) is 4.29. The molecule has 1 unspecified atom stereocenters. The van der Waals surface area contributed by atoms with Gasteiger partial charge >= 0.3 is 0 Å². The van der Waals surface area contributed by atoms with Gasteiger partial charge in [-0.3, -0.25) is 5.41 Å². The molecule has 1 fully saturated rings. The molecule has 1 aliphatic heterocycles. The average molecular weight is 297 g/mol. The van der Waals surface area contributed by atoms with Crippen molar-refractivity contribution in [3.05, 3.63) is 35.4 Å². The number of ether oxygens (including phenoxy) is 1. The number of amidine groups is 1. The Morgan fingerprint density at radius 1 is 1.40 bits per heavy atom. The van der Waals surface area contributed by atoms with E-state index in [4.69, 9.17) is 15.9 Å². The largest absolute Gasteiger partial charge is 0.384 e. The van der Waals surface area contributed by atoms with Crippen molar-refractivity contribution in [1.82, 2.24) is 4.72 Å². The molecule has 20 heavy (non-hydrogen) atoms. The summed E-state index contributed by atoms with van der Waals surface area (Å²) in [5.74, 6) is 0.00828. The van der Waals surface area contributed by atoms with E-state index in [0.29, 0.717) is 12.2 Å². The van der Waals surface area contributed by atoms with Crippen molar-refractivity contribution in [1.29, 1.82) is 5.41 Å². The summed E-state index contributed by atoms with van der Waals surface area (Å²) in [7, 11) is -3.33. The highest BCUT2D eigenvalue weighted by Gasteiger charge is 2.22. The van der Waals surface area contributed by atoms with E-state index in [0.717, 1.165) is 18.4 Å². The van der Waals surface area contributed by atoms with Crippen LogP contribution in [0.15, 0.2) is 24.3 Å². The average Bonchev–Trinajstić information content (AvgIpc) is 2.89. The molecule has 0 aliphatic carbocycles. The Morgan fingerprint density at radius 2 is 2.10 bits per heavy atom. The lowest BCUT2D eigenvalue weighted by molar-refractivity contribution is 0.127. The minimum Gasteiger partial charge on any atom is -0.384 e. The fraction of sp³-hybridized carbons (Fsp3) is 0.462. The monoisotopic (exact) mass is 297 g/mol. The van der Waals surface area contributed by atoms with Crippen molar-refractivity contribution in [3.8, 4) is 0 Å². The zero-order valence-corrected chi connectivity index (χ0v) is 11.9. The maximum Gasteiger partial charge on any atom is 0.214 e. The molecular formula is C13H19N3O3S. The fourth-order valence-electron chi connectivity index (χ4n) is 2.07. The van der Waals surface area contributed by atoms with Gasteiger partial charge in [0.15, 0.2) is 0 Å². The Kier molecular flexibility index (Phi) is 4.74. The van der Waals surface area contributed by atoms with Crippen LogP contribution in [0.5, 0.6) is 0 Å². The molecule has 1 aromatic carbocycles. The van der Waals surface area contributed by atoms with Crippen LogP contribution in [0.4, 0.5) is 0 Å². The Bertz CT molecular complexity index is 563. The zero-order valence-electron chi connectivity index (χ0n) is 11.1. The lowest BCUT2D eigenvalue weighted by Crippen LogP contribution is -2.31. The van der Waals surface area contributed by atoms with Crippen LogP contribution in [-0.2, 0) is 21.3 Å². The maximum absolute atomic E-state index is 11.9. The highest BCUT2D eigenvalue weighted by atomic mass is 32.2. The molecule has 1 atom stereocenters. The van der Waals surface area contributed by atoms with Gasteiger partial charge in [-0.15, -0.1) is 0 Å². The normalized spacial score (nSPS) is 19.1. The summed E-state index contributed by atoms with van der Waals surface area (Å²) >= 11 is 0. The van der Waals surface area contributed by atoms with Gasteiger partial charge in [0.25, 0.3) is 0 Å². The number of hydrogen-bond donors (Lipinski definition) is 3. The zero-order chi connectivity index (χ0) is 14.6. The lowest BCUT2D eigenvalue weighted by atomic mass is 10.1. The number of nitrogens with one attached hydrogen (secondary N) is 2. The summed E-state index contributed by atoms with van der Waals surface area (Å²) in [4.78, 5) is 0. The first-order valence-electron chi connectivity index (χ1n) is 6.48. The number of nitrogens with two attached hydrogens (primary N) is 1. The van der Waals surface area contributed by atoms with Crippen LogP contribution in [0.1, 0.15) is 24.0 Å². The van der Waals surface area contributed by atoms with E-state index in [1.165, 1.54) is 0 Å². The van der Waals surface area contributed by atoms with E-state index in [-0.39, 0.29) is 24.2 Å². The van der Waals surface area contributed by atoms with Crippen LogP contribution in [0, 0.1) is 5.41 Å². The summed E-state index contributed by atoms with van der Waals surface area (Å²) in [5.41, 5.74) is 6.80. The lowest BCUT2D eigenvalue weighted by Gasteiger charge is -2.11. The van der Waals surface area contributed by atoms with Gasteiger partial charge in [-0.25, -0.2) is 13.1 Å². The molecule has 0 bridgehead atoms. The fourth-order valence-corrected chi connectivity index (χ4v) is 3.33. The molecule has 1 aromatic rings. The summed E-state index contributed by atoms with van der Waals surface area (Å²) in [6.45, 7) is 0.875. The Morgan fingerprint density at radius 3 is 2.65 bits per heavy atom. The second-order valence-corrected chi connectivity index (χ2v) is 6.70. The second kappa shape index (κ2) is 6.34. The van der Waals surface area contributed by atoms with Crippen molar-refractivity contribution < 1.29 is 13.2 Å². The molecule has 0 aromatic heterocycles. The Hall–Kier alpha value is -1.44. The van der Waals surface area contributed by atoms with E-state index in [1.54, 1.807) is 24.3 Å². The molecule has 4 N–H and O–H groups in total. The van der Waals surface area contributed by atoms with Crippen molar-refractivity contribution >= 4 is 15.9 Å². The number of hydrogen-bond acceptors (Lipinski definition) is 4. The highest BCUT2D eigenvalue weighted by molar-refractivity contribution is 7.89. The number of benzene rings is 1. The minimum absolute atomic E-state index is 0.00415. The van der Waals surface area contributed by atoms with Crippen molar-refractivity contribution in [2.45, 2.75) is 25.5 Å². The van der Waals surface area contributed by atoms with E-state index in [2.05, 4.69) is 4.72 Å². The predicted octanol–water partition coefficient (Wildman–Crippen LogP) is 0.569. The molecule has 0 spiro atoms. The highest BCUT2D eigenvalue weighted by Crippen LogP contribution is 2.13. The Labute approximate surface area is 118 Å². The van der Waals surface area contributed by atoms with Crippen LogP contribution in [0.2, 0.25) is 0 Å². The first-order valence-corrected chi connectivity index (χ1v) is 8.14. The smallest absolute Gasteiger partial charge is 0.214 e. The molecule has 2 rings (SSSR count). The van der Waals surface area contributed by atoms with E-state index in [9.17, 15) is 8.42 Å². The first kappa shape index (κ1) is 15.0. The summed E-state index contributed by atoms with van der Waals surface area (Å²) in [5, 5.41) is 7.28. The Balaban J connectivity index is 1.88. The van der Waals surface area contributed by atoms with Gasteiger partial charge in [-0.05, 0) is 18.4 Å². The second-order valence-electron chi connectivity index (χ2n) is 4.85. The van der Waals surface area contributed by atoms with E-state index >= 15 is 0 Å². The van der Waals surface area contributed by atoms with Gasteiger partial charge in [0, 0.05) is 18.7 Å². The van der Waals surface area contributed by atoms with Gasteiger partial charge in [0.1, 0.15) is 5.84 Å². The quantitative estimate of drug-likeness (QED) is 0.527. The first-order chi connectivity index (χ1) is 9.46. The van der Waals surface area contributed by atoms with Gasteiger partial charge in [-0.2, -0.15) is 0 Å². The molecule has 0 saturated carbocycles. The molecule has 0 radical (unpaired) electrons. The topological polar surface area (TPSA) is 105 Å². The number of rotatable bonds is 6. The van der Waals surface area contributed by atoms with Crippen LogP contribution in [-0.4, -0.2) is 32.7 Å². The summed E-state index contributed by atoms with van der Waals surface area (Å²) in [6.07, 6.45) is 1.54. The SMILES string of the molecule is N=C(N)c1ccc(CNS(=O)(=O)CC2CCCO2)cc1. The third-order valence-corrected chi connectivity index (χ3v) is 4.59. The molecule has 1 aliphatic rings. The molecule has 110 valence electrons. The molecule has 7 heteroatoms. The third-order valence-electron chi connectivity index (χ3n) is 3.19. The summed E-state index contributed by atoms with van der Waals surface area (Å²) < 4.78 is 31.7. The molecule has 1 saturated heterocycles. The number of sulfonamides is 1. The molecule has 0 amide bonds. The van der Waals surface area contributed by atoms with Gasteiger partial charge < -0.3 is 10.5 Å². The van der Waals surface area contributed by atoms with Crippen molar-refractivity contribution in [2.24, 2.45) is 5.73 Å². The summed E-state index contributed by atoms with van der Waals surface area (Å²) in [6, 6.07) is 6.91. The van der Waals surface area contributed by atoms with Crippen LogP contribution < -0.4 is 10.5 Å². The number of nitrogen functional groups attached to an aromatic ring is 1. The van der Waals surface area contributed by atoms with Crippen LogP contribution in [0.25, 0.3) is 0 Å².